The highest BCUT2D eigenvalue weighted by Gasteiger charge is 2.33. The van der Waals surface area contributed by atoms with E-state index in [1.165, 1.54) is 6.07 Å². The summed E-state index contributed by atoms with van der Waals surface area (Å²) < 4.78 is 38.6. The highest BCUT2D eigenvalue weighted by Crippen LogP contribution is 2.28. The fourth-order valence-corrected chi connectivity index (χ4v) is 0.792. The highest BCUT2D eigenvalue weighted by molar-refractivity contribution is 5.41. The molecule has 0 unspecified atom stereocenters. The van der Waals surface area contributed by atoms with Crippen molar-refractivity contribution in [1.29, 1.82) is 5.26 Å². The lowest BCUT2D eigenvalue weighted by molar-refractivity contribution is -0.275. The largest absolute Gasteiger partial charge is 0.573 e. The molecule has 15 heavy (non-hydrogen) atoms. The van der Waals surface area contributed by atoms with Gasteiger partial charge in [0.1, 0.15) is 11.8 Å². The number of hydrogen-bond acceptors (Lipinski definition) is 4. The Morgan fingerprint density at radius 1 is 1.53 bits per heavy atom. The van der Waals surface area contributed by atoms with Gasteiger partial charge in [0.15, 0.2) is 5.75 Å². The molecule has 80 valence electrons. The van der Waals surface area contributed by atoms with Crippen molar-refractivity contribution in [3.8, 4) is 17.6 Å². The van der Waals surface area contributed by atoms with E-state index in [4.69, 9.17) is 10.4 Å². The van der Waals surface area contributed by atoms with Gasteiger partial charge >= 0.3 is 6.36 Å². The predicted molar refractivity (Wildman–Crippen MR) is 40.1 cm³/mol. The van der Waals surface area contributed by atoms with Crippen molar-refractivity contribution in [3.05, 3.63) is 22.1 Å². The molecule has 0 atom stereocenters. The van der Waals surface area contributed by atoms with Crippen LogP contribution in [0.1, 0.15) is 5.69 Å². The first-order chi connectivity index (χ1) is 6.83. The highest BCUT2D eigenvalue weighted by atomic mass is 19.4. The average molecular weight is 220 g/mol. The van der Waals surface area contributed by atoms with E-state index in [-0.39, 0.29) is 0 Å². The zero-order valence-corrected chi connectivity index (χ0v) is 6.92. The third kappa shape index (κ3) is 2.63. The lowest BCUT2D eigenvalue weighted by Gasteiger charge is -2.09. The summed E-state index contributed by atoms with van der Waals surface area (Å²) in [5.41, 5.74) is -1.68. The SMILES string of the molecule is N#Cc1cc(OC(F)(F)F)c(O)c(=O)[nH]1. The van der Waals surface area contributed by atoms with Gasteiger partial charge in [-0.1, -0.05) is 0 Å². The second-order valence-corrected chi connectivity index (χ2v) is 2.38. The lowest BCUT2D eigenvalue weighted by atomic mass is 10.3. The van der Waals surface area contributed by atoms with Gasteiger partial charge in [0, 0.05) is 6.07 Å². The van der Waals surface area contributed by atoms with E-state index >= 15 is 0 Å². The van der Waals surface area contributed by atoms with E-state index in [1.54, 1.807) is 0 Å². The van der Waals surface area contributed by atoms with Crippen molar-refractivity contribution in [1.82, 2.24) is 4.98 Å². The van der Waals surface area contributed by atoms with Gasteiger partial charge in [-0.25, -0.2) is 0 Å². The second kappa shape index (κ2) is 3.53. The van der Waals surface area contributed by atoms with Crippen LogP contribution in [0.25, 0.3) is 0 Å². The van der Waals surface area contributed by atoms with Gasteiger partial charge in [0.05, 0.1) is 0 Å². The van der Waals surface area contributed by atoms with E-state index < -0.39 is 29.1 Å². The Bertz CT molecular complexity index is 472. The zero-order chi connectivity index (χ0) is 11.6. The Labute approximate surface area is 80.3 Å². The van der Waals surface area contributed by atoms with Crippen LogP contribution < -0.4 is 10.3 Å². The van der Waals surface area contributed by atoms with E-state index in [2.05, 4.69) is 4.74 Å². The van der Waals surface area contributed by atoms with Crippen LogP contribution in [-0.4, -0.2) is 16.5 Å². The molecule has 2 N–H and O–H groups in total. The summed E-state index contributed by atoms with van der Waals surface area (Å²) in [6.45, 7) is 0. The standard InChI is InChI=1S/C7H3F3N2O3/c8-7(9,10)15-4-1-3(2-11)12-6(14)5(4)13/h1,13H,(H,12,14). The van der Waals surface area contributed by atoms with E-state index in [1.807, 2.05) is 4.98 Å². The van der Waals surface area contributed by atoms with Crippen molar-refractivity contribution >= 4 is 0 Å². The van der Waals surface area contributed by atoms with Crippen molar-refractivity contribution < 1.29 is 23.0 Å². The summed E-state index contributed by atoms with van der Waals surface area (Å²) in [5, 5.41) is 17.2. The molecule has 0 aliphatic heterocycles. The van der Waals surface area contributed by atoms with Crippen LogP contribution in [0.5, 0.6) is 11.5 Å². The van der Waals surface area contributed by atoms with E-state index in [0.717, 1.165) is 0 Å². The molecule has 8 heteroatoms. The Hall–Kier alpha value is -2.17. The summed E-state index contributed by atoms with van der Waals surface area (Å²) >= 11 is 0. The number of rotatable bonds is 1. The molecule has 1 rings (SSSR count). The van der Waals surface area contributed by atoms with E-state index in [9.17, 15) is 18.0 Å². The molecule has 1 aromatic rings. The summed E-state index contributed by atoms with van der Waals surface area (Å²) in [4.78, 5) is 12.6. The zero-order valence-electron chi connectivity index (χ0n) is 6.92. The maximum absolute atomic E-state index is 11.8. The number of aromatic amines is 1. The Kier molecular flexibility index (Phi) is 2.57. The Balaban J connectivity index is 3.24. The molecule has 0 aliphatic carbocycles. The second-order valence-electron chi connectivity index (χ2n) is 2.38. The first-order valence-electron chi connectivity index (χ1n) is 3.45. The van der Waals surface area contributed by atoms with Gasteiger partial charge in [0.2, 0.25) is 5.75 Å². The van der Waals surface area contributed by atoms with Gasteiger partial charge in [-0.15, -0.1) is 13.2 Å². The summed E-state index contributed by atoms with van der Waals surface area (Å²) in [5.74, 6) is -2.34. The normalized spacial score (nSPS) is 10.8. The number of halogens is 3. The minimum atomic E-state index is -5.04. The van der Waals surface area contributed by atoms with Crippen LogP contribution >= 0.6 is 0 Å². The number of aromatic hydroxyl groups is 1. The molecule has 0 aliphatic rings. The molecular weight excluding hydrogens is 217 g/mol. The molecule has 1 heterocycles. The summed E-state index contributed by atoms with van der Waals surface area (Å²) in [6, 6.07) is 1.98. The molecule has 1 aromatic heterocycles. The number of pyridine rings is 1. The molecule has 0 amide bonds. The average Bonchev–Trinajstić information content (AvgIpc) is 2.10. The van der Waals surface area contributed by atoms with Crippen molar-refractivity contribution in [3.63, 3.8) is 0 Å². The molecule has 0 spiro atoms. The maximum Gasteiger partial charge on any atom is 0.573 e. The van der Waals surface area contributed by atoms with Crippen LogP contribution in [0.4, 0.5) is 13.2 Å². The van der Waals surface area contributed by atoms with Gasteiger partial charge in [-0.05, 0) is 0 Å². The monoisotopic (exact) mass is 220 g/mol. The van der Waals surface area contributed by atoms with Gasteiger partial charge < -0.3 is 14.8 Å². The molecular formula is C7H3F3N2O3. The van der Waals surface area contributed by atoms with Crippen molar-refractivity contribution in [2.75, 3.05) is 0 Å². The fourth-order valence-electron chi connectivity index (χ4n) is 0.792. The number of hydrogen-bond donors (Lipinski definition) is 2. The van der Waals surface area contributed by atoms with Crippen LogP contribution in [-0.2, 0) is 0 Å². The topological polar surface area (TPSA) is 86.1 Å². The van der Waals surface area contributed by atoms with Gasteiger partial charge in [-0.2, -0.15) is 5.26 Å². The minimum absolute atomic E-state index is 0.447. The smallest absolute Gasteiger partial charge is 0.500 e. The molecule has 5 nitrogen and oxygen atoms in total. The number of nitrogens with one attached hydrogen (secondary N) is 1. The maximum atomic E-state index is 11.8. The van der Waals surface area contributed by atoms with Crippen molar-refractivity contribution in [2.24, 2.45) is 0 Å². The van der Waals surface area contributed by atoms with Crippen LogP contribution in [0, 0.1) is 11.3 Å². The van der Waals surface area contributed by atoms with E-state index in [0.29, 0.717) is 6.07 Å². The predicted octanol–water partition coefficient (Wildman–Crippen LogP) is 0.851. The first-order valence-corrected chi connectivity index (χ1v) is 3.45. The lowest BCUT2D eigenvalue weighted by Crippen LogP contribution is -2.19. The summed E-state index contributed by atoms with van der Waals surface area (Å²) in [7, 11) is 0. The number of aromatic nitrogens is 1. The Morgan fingerprint density at radius 3 is 2.60 bits per heavy atom. The van der Waals surface area contributed by atoms with Gasteiger partial charge in [0.25, 0.3) is 5.56 Å². The minimum Gasteiger partial charge on any atom is -0.500 e. The quantitative estimate of drug-likeness (QED) is 0.734. The van der Waals surface area contributed by atoms with Crippen LogP contribution in [0.3, 0.4) is 0 Å². The Morgan fingerprint density at radius 2 is 2.13 bits per heavy atom. The fraction of sp³-hybridized carbons (Fsp3) is 0.143. The molecule has 0 aromatic carbocycles. The molecule has 0 fully saturated rings. The molecule has 0 saturated carbocycles. The van der Waals surface area contributed by atoms with Gasteiger partial charge in [-0.3, -0.25) is 4.79 Å². The number of H-pyrrole nitrogens is 1. The molecule has 0 saturated heterocycles. The number of nitrogens with zero attached hydrogens (tertiary/aromatic N) is 1. The third-order valence-electron chi connectivity index (χ3n) is 1.32. The molecule has 0 bridgehead atoms. The number of nitriles is 1. The van der Waals surface area contributed by atoms with Crippen LogP contribution in [0.15, 0.2) is 10.9 Å². The third-order valence-corrected chi connectivity index (χ3v) is 1.32. The first kappa shape index (κ1) is 10.9. The summed E-state index contributed by atoms with van der Waals surface area (Å²) in [6.07, 6.45) is -5.04. The number of alkyl halides is 3. The van der Waals surface area contributed by atoms with Crippen molar-refractivity contribution in [2.45, 2.75) is 6.36 Å². The van der Waals surface area contributed by atoms with Crippen LogP contribution in [0.2, 0.25) is 0 Å². The molecule has 0 radical (unpaired) electrons. The number of ether oxygens (including phenoxy) is 1.